The van der Waals surface area contributed by atoms with Gasteiger partial charge in [0.2, 0.25) is 10.0 Å². The summed E-state index contributed by atoms with van der Waals surface area (Å²) in [6.07, 6.45) is 1.37. The van der Waals surface area contributed by atoms with Crippen LogP contribution in [0.15, 0.2) is 89.9 Å². The minimum atomic E-state index is -3.38. The second kappa shape index (κ2) is 8.04. The summed E-state index contributed by atoms with van der Waals surface area (Å²) in [6, 6.07) is 25.8. The minimum Gasteiger partial charge on any atom is -0.369 e. The fourth-order valence-electron chi connectivity index (χ4n) is 4.18. The summed E-state index contributed by atoms with van der Waals surface area (Å²) >= 11 is 0. The van der Waals surface area contributed by atoms with Crippen molar-refractivity contribution in [3.8, 4) is 0 Å². The molecule has 1 fully saturated rings. The van der Waals surface area contributed by atoms with Crippen LogP contribution in [0.1, 0.15) is 29.5 Å². The van der Waals surface area contributed by atoms with Crippen molar-refractivity contribution in [1.82, 2.24) is 4.90 Å². The molecule has 33 heavy (non-hydrogen) atoms. The Kier molecular flexibility index (Phi) is 5.17. The maximum absolute atomic E-state index is 13.9. The van der Waals surface area contributed by atoms with Crippen LogP contribution in [0.2, 0.25) is 0 Å². The zero-order valence-corrected chi connectivity index (χ0v) is 18.7. The summed E-state index contributed by atoms with van der Waals surface area (Å²) in [7, 11) is -3.38. The first-order chi connectivity index (χ1) is 15.9. The first kappa shape index (κ1) is 21.2. The van der Waals surface area contributed by atoms with Crippen LogP contribution in [0.5, 0.6) is 0 Å². The average molecular weight is 461 g/mol. The highest BCUT2D eigenvalue weighted by molar-refractivity contribution is 7.93. The zero-order chi connectivity index (χ0) is 23.1. The Morgan fingerprint density at radius 1 is 0.939 bits per heavy atom. The molecular formula is C25H24N4O3S. The number of guanidine groups is 1. The summed E-state index contributed by atoms with van der Waals surface area (Å²) in [4.78, 5) is 20.0. The fraction of sp³-hybridized carbons (Fsp3) is 0.200. The number of aliphatic imine (C=N–C) groups is 1. The van der Waals surface area contributed by atoms with Crippen molar-refractivity contribution in [1.29, 1.82) is 0 Å². The Morgan fingerprint density at radius 2 is 1.55 bits per heavy atom. The number of benzene rings is 3. The molecule has 0 bridgehead atoms. The molecule has 0 aromatic heterocycles. The number of sulfonamides is 1. The van der Waals surface area contributed by atoms with E-state index in [4.69, 9.17) is 10.7 Å². The normalized spacial score (nSPS) is 17.6. The van der Waals surface area contributed by atoms with Crippen molar-refractivity contribution in [3.63, 3.8) is 0 Å². The number of anilines is 1. The van der Waals surface area contributed by atoms with Crippen molar-refractivity contribution in [2.24, 2.45) is 10.7 Å². The number of amides is 1. The van der Waals surface area contributed by atoms with Crippen molar-refractivity contribution in [2.45, 2.75) is 30.2 Å². The highest BCUT2D eigenvalue weighted by atomic mass is 32.2. The molecule has 3 N–H and O–H groups in total. The Balaban J connectivity index is 1.47. The smallest absolute Gasteiger partial charge is 0.266 e. The highest BCUT2D eigenvalue weighted by Crippen LogP contribution is 2.40. The van der Waals surface area contributed by atoms with E-state index < -0.39 is 15.6 Å². The number of carbonyl (C=O) groups is 1. The maximum atomic E-state index is 13.9. The summed E-state index contributed by atoms with van der Waals surface area (Å²) < 4.78 is 27.3. The van der Waals surface area contributed by atoms with Gasteiger partial charge in [-0.3, -0.25) is 14.4 Å². The molecule has 1 aliphatic heterocycles. The quantitative estimate of drug-likeness (QED) is 0.565. The van der Waals surface area contributed by atoms with E-state index in [1.165, 1.54) is 4.90 Å². The number of hydrogen-bond donors (Lipinski definition) is 2. The Hall–Kier alpha value is -3.65. The third-order valence-corrected chi connectivity index (χ3v) is 7.86. The summed E-state index contributed by atoms with van der Waals surface area (Å²) in [5, 5.41) is -0.318. The van der Waals surface area contributed by atoms with E-state index in [1.807, 2.05) is 66.7 Å². The third-order valence-electron chi connectivity index (χ3n) is 5.99. The van der Waals surface area contributed by atoms with Gasteiger partial charge in [0.25, 0.3) is 5.91 Å². The molecule has 1 heterocycles. The van der Waals surface area contributed by atoms with Crippen LogP contribution in [0.3, 0.4) is 0 Å². The number of nitrogens with one attached hydrogen (secondary N) is 1. The molecule has 0 atom stereocenters. The molecule has 5 rings (SSSR count). The number of nitrogens with zero attached hydrogens (tertiary/aromatic N) is 2. The van der Waals surface area contributed by atoms with Crippen molar-refractivity contribution >= 4 is 27.6 Å². The Bertz CT molecular complexity index is 1280. The fourth-order valence-corrected chi connectivity index (χ4v) is 5.55. The van der Waals surface area contributed by atoms with Crippen molar-refractivity contribution in [2.75, 3.05) is 4.72 Å². The molecule has 0 saturated heterocycles. The standard InChI is InChI=1S/C25H24N4O3S/c26-24-27-25(19-9-3-1-4-10-19,20-11-5-2-6-12-20)23(30)29(24)17-18-8-7-13-21(16-18)28-33(31,32)22-14-15-22/h1-13,16,22,28H,14-15,17H2,(H2,26,27). The van der Waals surface area contributed by atoms with Gasteiger partial charge < -0.3 is 5.73 Å². The molecular weight excluding hydrogens is 436 g/mol. The van der Waals surface area contributed by atoms with Gasteiger partial charge in [-0.15, -0.1) is 0 Å². The van der Waals surface area contributed by atoms with E-state index in [1.54, 1.807) is 18.2 Å². The lowest BCUT2D eigenvalue weighted by atomic mass is 9.83. The van der Waals surface area contributed by atoms with E-state index in [-0.39, 0.29) is 23.7 Å². The lowest BCUT2D eigenvalue weighted by molar-refractivity contribution is -0.130. The average Bonchev–Trinajstić information content (AvgIpc) is 3.65. The van der Waals surface area contributed by atoms with E-state index in [9.17, 15) is 13.2 Å². The van der Waals surface area contributed by atoms with Gasteiger partial charge in [-0.1, -0.05) is 72.8 Å². The Morgan fingerprint density at radius 3 is 2.12 bits per heavy atom. The van der Waals surface area contributed by atoms with Crippen LogP contribution in [0.25, 0.3) is 0 Å². The van der Waals surface area contributed by atoms with Gasteiger partial charge in [-0.05, 0) is 41.7 Å². The monoisotopic (exact) mass is 460 g/mol. The zero-order valence-electron chi connectivity index (χ0n) is 17.9. The lowest BCUT2D eigenvalue weighted by Crippen LogP contribution is -2.43. The second-order valence-corrected chi connectivity index (χ2v) is 10.3. The number of hydrogen-bond acceptors (Lipinski definition) is 5. The molecule has 3 aromatic rings. The number of rotatable bonds is 7. The molecule has 168 valence electrons. The molecule has 0 radical (unpaired) electrons. The van der Waals surface area contributed by atoms with Crippen molar-refractivity contribution in [3.05, 3.63) is 102 Å². The first-order valence-electron chi connectivity index (χ1n) is 10.8. The van der Waals surface area contributed by atoms with Crippen LogP contribution in [-0.2, 0) is 26.9 Å². The second-order valence-electron chi connectivity index (χ2n) is 8.35. The van der Waals surface area contributed by atoms with Crippen LogP contribution >= 0.6 is 0 Å². The number of carbonyl (C=O) groups excluding carboxylic acids is 1. The van der Waals surface area contributed by atoms with E-state index in [0.717, 1.165) is 16.7 Å². The van der Waals surface area contributed by atoms with Crippen LogP contribution in [0, 0.1) is 0 Å². The van der Waals surface area contributed by atoms with E-state index in [0.29, 0.717) is 18.5 Å². The highest BCUT2D eigenvalue weighted by Gasteiger charge is 2.50. The van der Waals surface area contributed by atoms with E-state index in [2.05, 4.69) is 4.72 Å². The molecule has 0 spiro atoms. The third kappa shape index (κ3) is 3.87. The Labute approximate surface area is 193 Å². The van der Waals surface area contributed by atoms with Gasteiger partial charge in [-0.25, -0.2) is 13.4 Å². The predicted molar refractivity (Wildman–Crippen MR) is 128 cm³/mol. The molecule has 0 unspecified atom stereocenters. The molecule has 7 nitrogen and oxygen atoms in total. The van der Waals surface area contributed by atoms with Gasteiger partial charge in [0.15, 0.2) is 11.5 Å². The molecule has 1 saturated carbocycles. The maximum Gasteiger partial charge on any atom is 0.266 e. The summed E-state index contributed by atoms with van der Waals surface area (Å²) in [5.74, 6) is -0.127. The van der Waals surface area contributed by atoms with E-state index >= 15 is 0 Å². The largest absolute Gasteiger partial charge is 0.369 e. The van der Waals surface area contributed by atoms with Gasteiger partial charge in [0, 0.05) is 5.69 Å². The van der Waals surface area contributed by atoms with Gasteiger partial charge in [0.1, 0.15) is 0 Å². The molecule has 2 aliphatic rings. The van der Waals surface area contributed by atoms with Gasteiger partial charge in [0.05, 0.1) is 11.8 Å². The van der Waals surface area contributed by atoms with Gasteiger partial charge >= 0.3 is 0 Å². The topological polar surface area (TPSA) is 105 Å². The lowest BCUT2D eigenvalue weighted by Gasteiger charge is -2.27. The predicted octanol–water partition coefficient (Wildman–Crippen LogP) is 3.19. The first-order valence-corrected chi connectivity index (χ1v) is 12.3. The minimum absolute atomic E-state index is 0.122. The van der Waals surface area contributed by atoms with Gasteiger partial charge in [-0.2, -0.15) is 0 Å². The molecule has 8 heteroatoms. The van der Waals surface area contributed by atoms with Crippen molar-refractivity contribution < 1.29 is 13.2 Å². The molecule has 1 aliphatic carbocycles. The van der Waals surface area contributed by atoms with Crippen LogP contribution in [-0.4, -0.2) is 30.4 Å². The molecule has 1 amide bonds. The summed E-state index contributed by atoms with van der Waals surface area (Å²) in [5.41, 5.74) is 7.72. The number of nitrogens with two attached hydrogens (primary N) is 1. The van der Waals surface area contributed by atoms with Crippen LogP contribution in [0.4, 0.5) is 5.69 Å². The SMILES string of the molecule is NC1=NC(c2ccccc2)(c2ccccc2)C(=O)N1Cc1cccc(NS(=O)(=O)C2CC2)c1. The van der Waals surface area contributed by atoms with Crippen LogP contribution < -0.4 is 10.5 Å². The molecule has 3 aromatic carbocycles. The summed E-state index contributed by atoms with van der Waals surface area (Å²) in [6.45, 7) is 0.175.